The van der Waals surface area contributed by atoms with E-state index >= 15 is 0 Å². The Morgan fingerprint density at radius 2 is 2.10 bits per heavy atom. The lowest BCUT2D eigenvalue weighted by atomic mass is 10.1. The number of anilines is 2. The van der Waals surface area contributed by atoms with E-state index in [9.17, 15) is 0 Å². The van der Waals surface area contributed by atoms with E-state index in [2.05, 4.69) is 47.2 Å². The normalized spacial score (nSPS) is 22.7. The van der Waals surface area contributed by atoms with E-state index in [1.54, 1.807) is 0 Å². The van der Waals surface area contributed by atoms with Crippen LogP contribution in [0, 0.1) is 0 Å². The molecule has 5 nitrogen and oxygen atoms in total. The molecule has 1 aromatic heterocycles. The number of hydrogen-bond acceptors (Lipinski definition) is 5. The molecule has 1 unspecified atom stereocenters. The van der Waals surface area contributed by atoms with Crippen molar-refractivity contribution in [2.75, 3.05) is 43.9 Å². The number of nitrogens with zero attached hydrogens (tertiary/aromatic N) is 4. The summed E-state index contributed by atoms with van der Waals surface area (Å²) in [4.78, 5) is 14.3. The molecule has 116 valence electrons. The topological polar surface area (TPSA) is 44.3 Å². The van der Waals surface area contributed by atoms with Gasteiger partial charge in [0.1, 0.15) is 17.5 Å². The van der Waals surface area contributed by atoms with Crippen molar-refractivity contribution in [3.8, 4) is 0 Å². The van der Waals surface area contributed by atoms with E-state index in [-0.39, 0.29) is 0 Å². The summed E-state index contributed by atoms with van der Waals surface area (Å²) in [7, 11) is 4.35. The lowest BCUT2D eigenvalue weighted by Crippen LogP contribution is -2.45. The predicted molar refractivity (Wildman–Crippen MR) is 87.1 cm³/mol. The van der Waals surface area contributed by atoms with Crippen molar-refractivity contribution in [3.05, 3.63) is 11.9 Å². The summed E-state index contributed by atoms with van der Waals surface area (Å²) in [6.45, 7) is 5.19. The van der Waals surface area contributed by atoms with Crippen molar-refractivity contribution >= 4 is 11.6 Å². The van der Waals surface area contributed by atoms with E-state index in [1.807, 2.05) is 0 Å². The average molecular weight is 289 g/mol. The van der Waals surface area contributed by atoms with Gasteiger partial charge >= 0.3 is 0 Å². The maximum absolute atomic E-state index is 4.85. The molecule has 2 fully saturated rings. The first kappa shape index (κ1) is 14.6. The van der Waals surface area contributed by atoms with E-state index in [4.69, 9.17) is 4.98 Å². The second-order valence-electron chi connectivity index (χ2n) is 6.48. The third kappa shape index (κ3) is 3.46. The number of likely N-dealkylation sites (N-methyl/N-ethyl adjacent to an activating group) is 1. The van der Waals surface area contributed by atoms with E-state index < -0.39 is 0 Å². The second kappa shape index (κ2) is 6.18. The molecule has 1 saturated carbocycles. The number of hydrogen-bond donors (Lipinski definition) is 1. The Bertz CT molecular complexity index is 484. The Balaban J connectivity index is 1.82. The molecule has 5 heteroatoms. The van der Waals surface area contributed by atoms with Gasteiger partial charge in [-0.05, 0) is 46.7 Å². The van der Waals surface area contributed by atoms with Crippen LogP contribution >= 0.6 is 0 Å². The van der Waals surface area contributed by atoms with Gasteiger partial charge in [0, 0.05) is 37.7 Å². The van der Waals surface area contributed by atoms with Crippen molar-refractivity contribution in [2.45, 2.75) is 44.6 Å². The molecule has 2 heterocycles. The molecule has 1 saturated heterocycles. The maximum Gasteiger partial charge on any atom is 0.136 e. The minimum Gasteiger partial charge on any atom is -0.370 e. The van der Waals surface area contributed by atoms with Gasteiger partial charge in [-0.15, -0.1) is 0 Å². The van der Waals surface area contributed by atoms with Crippen LogP contribution in [0.3, 0.4) is 0 Å². The molecule has 0 amide bonds. The molecular formula is C16H27N5. The third-order valence-electron chi connectivity index (χ3n) is 4.48. The van der Waals surface area contributed by atoms with E-state index in [0.29, 0.717) is 12.0 Å². The molecule has 0 bridgehead atoms. The van der Waals surface area contributed by atoms with Crippen molar-refractivity contribution in [2.24, 2.45) is 0 Å². The fourth-order valence-corrected chi connectivity index (χ4v) is 2.99. The zero-order valence-electron chi connectivity index (χ0n) is 13.5. The third-order valence-corrected chi connectivity index (χ3v) is 4.48. The number of rotatable bonds is 5. The highest BCUT2D eigenvalue weighted by Gasteiger charge is 2.29. The summed E-state index contributed by atoms with van der Waals surface area (Å²) in [5.74, 6) is 3.72. The SMILES string of the molecule is CCNc1cc(N2CCCC(N(C)C)C2)nc(C2CC2)n1. The number of aromatic nitrogens is 2. The summed E-state index contributed by atoms with van der Waals surface area (Å²) in [5, 5.41) is 3.36. The fourth-order valence-electron chi connectivity index (χ4n) is 2.99. The Morgan fingerprint density at radius 3 is 2.76 bits per heavy atom. The number of nitrogens with one attached hydrogen (secondary N) is 1. The van der Waals surface area contributed by atoms with E-state index in [1.165, 1.54) is 25.7 Å². The Morgan fingerprint density at radius 1 is 1.29 bits per heavy atom. The quantitative estimate of drug-likeness (QED) is 0.901. The highest BCUT2D eigenvalue weighted by atomic mass is 15.3. The van der Waals surface area contributed by atoms with Crippen LogP contribution in [0.4, 0.5) is 11.6 Å². The smallest absolute Gasteiger partial charge is 0.136 e. The molecule has 1 aromatic rings. The van der Waals surface area contributed by atoms with Gasteiger partial charge in [-0.3, -0.25) is 0 Å². The molecule has 1 N–H and O–H groups in total. The van der Waals surface area contributed by atoms with Crippen LogP contribution < -0.4 is 10.2 Å². The molecule has 1 atom stereocenters. The minimum atomic E-state index is 0.594. The van der Waals surface area contributed by atoms with Crippen molar-refractivity contribution < 1.29 is 0 Å². The van der Waals surface area contributed by atoms with Gasteiger partial charge < -0.3 is 15.1 Å². The first-order valence-corrected chi connectivity index (χ1v) is 8.21. The molecule has 21 heavy (non-hydrogen) atoms. The highest BCUT2D eigenvalue weighted by Crippen LogP contribution is 2.39. The Kier molecular flexibility index (Phi) is 4.29. The minimum absolute atomic E-state index is 0.594. The van der Waals surface area contributed by atoms with Crippen LogP contribution in [-0.4, -0.2) is 54.6 Å². The molecule has 0 spiro atoms. The monoisotopic (exact) mass is 289 g/mol. The van der Waals surface area contributed by atoms with Gasteiger partial charge in [0.2, 0.25) is 0 Å². The van der Waals surface area contributed by atoms with Crippen LogP contribution in [0.5, 0.6) is 0 Å². The first-order chi connectivity index (χ1) is 10.2. The van der Waals surface area contributed by atoms with Gasteiger partial charge in [-0.25, -0.2) is 9.97 Å². The Hall–Kier alpha value is -1.36. The Labute approximate surface area is 127 Å². The zero-order valence-corrected chi connectivity index (χ0v) is 13.5. The van der Waals surface area contributed by atoms with Gasteiger partial charge in [-0.1, -0.05) is 0 Å². The van der Waals surface area contributed by atoms with Gasteiger partial charge in [0.05, 0.1) is 0 Å². The zero-order chi connectivity index (χ0) is 14.8. The van der Waals surface area contributed by atoms with Gasteiger partial charge in [0.25, 0.3) is 0 Å². The van der Waals surface area contributed by atoms with Crippen molar-refractivity contribution in [1.82, 2.24) is 14.9 Å². The van der Waals surface area contributed by atoms with Gasteiger partial charge in [-0.2, -0.15) is 0 Å². The van der Waals surface area contributed by atoms with Crippen molar-refractivity contribution in [3.63, 3.8) is 0 Å². The van der Waals surface area contributed by atoms with Crippen LogP contribution in [-0.2, 0) is 0 Å². The summed E-state index contributed by atoms with van der Waals surface area (Å²) in [6.07, 6.45) is 5.01. The number of piperidine rings is 1. The average Bonchev–Trinajstić information content (AvgIpc) is 3.32. The standard InChI is InChI=1S/C16H27N5/c1-4-17-14-10-15(19-16(18-14)12-7-8-12)21-9-5-6-13(11-21)20(2)3/h10,12-13H,4-9,11H2,1-3H3,(H,17,18,19). The summed E-state index contributed by atoms with van der Waals surface area (Å²) >= 11 is 0. The molecule has 1 aliphatic heterocycles. The molecule has 3 rings (SSSR count). The molecule has 0 radical (unpaired) electrons. The molecule has 2 aliphatic rings. The lowest BCUT2D eigenvalue weighted by Gasteiger charge is -2.37. The fraction of sp³-hybridized carbons (Fsp3) is 0.750. The first-order valence-electron chi connectivity index (χ1n) is 8.21. The second-order valence-corrected chi connectivity index (χ2v) is 6.48. The molecular weight excluding hydrogens is 262 g/mol. The molecule has 1 aliphatic carbocycles. The van der Waals surface area contributed by atoms with Crippen LogP contribution in [0.2, 0.25) is 0 Å². The lowest BCUT2D eigenvalue weighted by molar-refractivity contribution is 0.257. The van der Waals surface area contributed by atoms with Crippen LogP contribution in [0.1, 0.15) is 44.3 Å². The van der Waals surface area contributed by atoms with Gasteiger partial charge in [0.15, 0.2) is 0 Å². The van der Waals surface area contributed by atoms with Crippen molar-refractivity contribution in [1.29, 1.82) is 0 Å². The summed E-state index contributed by atoms with van der Waals surface area (Å²) in [6, 6.07) is 2.74. The van der Waals surface area contributed by atoms with Crippen LogP contribution in [0.25, 0.3) is 0 Å². The largest absolute Gasteiger partial charge is 0.370 e. The maximum atomic E-state index is 4.85. The van der Waals surface area contributed by atoms with E-state index in [0.717, 1.165) is 37.1 Å². The predicted octanol–water partition coefficient (Wildman–Crippen LogP) is 2.32. The summed E-state index contributed by atoms with van der Waals surface area (Å²) < 4.78 is 0. The summed E-state index contributed by atoms with van der Waals surface area (Å²) in [5.41, 5.74) is 0. The molecule has 0 aromatic carbocycles. The van der Waals surface area contributed by atoms with Crippen LogP contribution in [0.15, 0.2) is 6.07 Å². The highest BCUT2D eigenvalue weighted by molar-refractivity contribution is 5.50.